The molecule has 0 spiro atoms. The van der Waals surface area contributed by atoms with Crippen LogP contribution in [0.3, 0.4) is 0 Å². The predicted molar refractivity (Wildman–Crippen MR) is 139 cm³/mol. The number of nitrogens with zero attached hydrogens (tertiary/aromatic N) is 1. The Morgan fingerprint density at radius 1 is 0.806 bits per heavy atom. The molecule has 7 heteroatoms. The molecule has 0 bridgehead atoms. The van der Waals surface area contributed by atoms with Gasteiger partial charge in [0.05, 0.1) is 6.10 Å². The fourth-order valence-electron chi connectivity index (χ4n) is 5.01. The zero-order valence-corrected chi connectivity index (χ0v) is 20.9. The van der Waals surface area contributed by atoms with Crippen LogP contribution in [-0.2, 0) is 16.1 Å². The zero-order valence-electron chi connectivity index (χ0n) is 20.9. The van der Waals surface area contributed by atoms with Crippen molar-refractivity contribution in [3.05, 3.63) is 65.7 Å². The van der Waals surface area contributed by atoms with Crippen LogP contribution in [0.2, 0.25) is 0 Å². The number of carbonyl (C=O) groups excluding carboxylic acids is 3. The van der Waals surface area contributed by atoms with E-state index >= 15 is 0 Å². The SMILES string of the molecule is C1CCNC1.O=C1CCC(N2Cc3cc(OC4CCCCC4)ccc3C2=O)C(=O)N1.c1ccccc1. The third-order valence-corrected chi connectivity index (χ3v) is 6.97. The van der Waals surface area contributed by atoms with E-state index in [4.69, 9.17) is 4.74 Å². The molecule has 0 radical (unpaired) electrons. The summed E-state index contributed by atoms with van der Waals surface area (Å²) in [4.78, 5) is 37.6. The molecule has 192 valence electrons. The summed E-state index contributed by atoms with van der Waals surface area (Å²) in [5.41, 5.74) is 1.52. The molecule has 36 heavy (non-hydrogen) atoms. The van der Waals surface area contributed by atoms with Gasteiger partial charge in [-0.25, -0.2) is 0 Å². The van der Waals surface area contributed by atoms with Crippen LogP contribution < -0.4 is 15.4 Å². The molecule has 1 atom stereocenters. The van der Waals surface area contributed by atoms with Gasteiger partial charge in [-0.2, -0.15) is 0 Å². The minimum atomic E-state index is -0.569. The Hall–Kier alpha value is -3.19. The first kappa shape index (κ1) is 25.9. The molecule has 6 rings (SSSR count). The van der Waals surface area contributed by atoms with Crippen molar-refractivity contribution < 1.29 is 19.1 Å². The van der Waals surface area contributed by atoms with E-state index in [0.717, 1.165) is 24.2 Å². The van der Waals surface area contributed by atoms with Gasteiger partial charge < -0.3 is 15.0 Å². The number of hydrogen-bond donors (Lipinski definition) is 2. The lowest BCUT2D eigenvalue weighted by atomic mass is 9.98. The number of amides is 3. The van der Waals surface area contributed by atoms with Gasteiger partial charge in [0, 0.05) is 18.5 Å². The standard InChI is InChI=1S/C19H22N2O4.C6H6.C4H9N/c22-17-9-8-16(18(23)20-17)21-11-12-10-14(6-7-15(12)19(21)24)25-13-4-2-1-3-5-13;1-2-4-6-5-3-1;1-2-4-5-3-1/h6-7,10,13,16H,1-5,8-9,11H2,(H,20,22,23);1-6H;5H,1-4H2. The normalized spacial score (nSPS) is 21.5. The fourth-order valence-corrected chi connectivity index (χ4v) is 5.01. The first-order valence-electron chi connectivity index (χ1n) is 13.3. The monoisotopic (exact) mass is 491 g/mol. The van der Waals surface area contributed by atoms with Crippen LogP contribution in [0.1, 0.15) is 73.7 Å². The fraction of sp³-hybridized carbons (Fsp3) is 0.483. The summed E-state index contributed by atoms with van der Waals surface area (Å²) in [6.45, 7) is 2.89. The summed E-state index contributed by atoms with van der Waals surface area (Å²) < 4.78 is 6.08. The van der Waals surface area contributed by atoms with Gasteiger partial charge in [0.25, 0.3) is 5.91 Å². The van der Waals surface area contributed by atoms with Crippen LogP contribution >= 0.6 is 0 Å². The summed E-state index contributed by atoms with van der Waals surface area (Å²) in [7, 11) is 0. The summed E-state index contributed by atoms with van der Waals surface area (Å²) in [6.07, 6.45) is 9.54. The van der Waals surface area contributed by atoms with E-state index in [9.17, 15) is 14.4 Å². The molecule has 2 aromatic carbocycles. The van der Waals surface area contributed by atoms with Gasteiger partial charge in [0.15, 0.2) is 0 Å². The largest absolute Gasteiger partial charge is 0.490 e. The number of carbonyl (C=O) groups is 3. The van der Waals surface area contributed by atoms with Crippen molar-refractivity contribution >= 4 is 17.7 Å². The number of benzene rings is 2. The van der Waals surface area contributed by atoms with Crippen molar-refractivity contribution in [3.63, 3.8) is 0 Å². The maximum Gasteiger partial charge on any atom is 0.255 e. The molecule has 2 N–H and O–H groups in total. The zero-order chi connectivity index (χ0) is 25.2. The maximum atomic E-state index is 12.6. The number of hydrogen-bond acceptors (Lipinski definition) is 5. The molecule has 1 saturated carbocycles. The second-order valence-electron chi connectivity index (χ2n) is 9.71. The van der Waals surface area contributed by atoms with Crippen molar-refractivity contribution in [2.75, 3.05) is 13.1 Å². The number of rotatable bonds is 3. The molecule has 7 nitrogen and oxygen atoms in total. The maximum absolute atomic E-state index is 12.6. The van der Waals surface area contributed by atoms with Crippen molar-refractivity contribution in [1.82, 2.24) is 15.5 Å². The third-order valence-electron chi connectivity index (χ3n) is 6.97. The summed E-state index contributed by atoms with van der Waals surface area (Å²) >= 11 is 0. The summed E-state index contributed by atoms with van der Waals surface area (Å²) in [5, 5.41) is 5.54. The first-order valence-corrected chi connectivity index (χ1v) is 13.3. The van der Waals surface area contributed by atoms with Crippen molar-refractivity contribution in [2.24, 2.45) is 0 Å². The third kappa shape index (κ3) is 7.17. The highest BCUT2D eigenvalue weighted by atomic mass is 16.5. The van der Waals surface area contributed by atoms with Gasteiger partial charge in [0.2, 0.25) is 11.8 Å². The Kier molecular flexibility index (Phi) is 9.50. The Morgan fingerprint density at radius 2 is 1.47 bits per heavy atom. The highest BCUT2D eigenvalue weighted by Crippen LogP contribution is 2.31. The van der Waals surface area contributed by atoms with Crippen LogP contribution in [0.15, 0.2) is 54.6 Å². The lowest BCUT2D eigenvalue weighted by molar-refractivity contribution is -0.136. The number of ether oxygens (including phenoxy) is 1. The topological polar surface area (TPSA) is 87.7 Å². The van der Waals surface area contributed by atoms with Gasteiger partial charge in [-0.3, -0.25) is 19.7 Å². The number of fused-ring (bicyclic) bond motifs is 1. The van der Waals surface area contributed by atoms with Crippen molar-refractivity contribution in [1.29, 1.82) is 0 Å². The summed E-state index contributed by atoms with van der Waals surface area (Å²) in [5.74, 6) is 0.00181. The number of nitrogens with one attached hydrogen (secondary N) is 2. The molecule has 3 heterocycles. The predicted octanol–water partition coefficient (Wildman–Crippen LogP) is 4.22. The van der Waals surface area contributed by atoms with Crippen LogP contribution in [0.5, 0.6) is 5.75 Å². The summed E-state index contributed by atoms with van der Waals surface area (Å²) in [6, 6.07) is 17.0. The van der Waals surface area contributed by atoms with Crippen LogP contribution in [0.25, 0.3) is 0 Å². The number of piperidine rings is 1. The van der Waals surface area contributed by atoms with Gasteiger partial charge in [-0.05, 0) is 81.8 Å². The van der Waals surface area contributed by atoms with E-state index in [1.54, 1.807) is 11.0 Å². The molecule has 3 amide bonds. The lowest BCUT2D eigenvalue weighted by Gasteiger charge is -2.29. The highest BCUT2D eigenvalue weighted by molar-refractivity contribution is 6.05. The molecular weight excluding hydrogens is 454 g/mol. The molecule has 0 aromatic heterocycles. The number of imide groups is 1. The Labute approximate surface area is 213 Å². The Balaban J connectivity index is 0.000000227. The minimum Gasteiger partial charge on any atom is -0.490 e. The van der Waals surface area contributed by atoms with E-state index in [1.807, 2.05) is 48.5 Å². The molecule has 2 aromatic rings. The Bertz CT molecular complexity index is 982. The van der Waals surface area contributed by atoms with Gasteiger partial charge >= 0.3 is 0 Å². The van der Waals surface area contributed by atoms with Crippen molar-refractivity contribution in [3.8, 4) is 5.75 Å². The minimum absolute atomic E-state index is 0.145. The highest BCUT2D eigenvalue weighted by Gasteiger charge is 2.39. The van der Waals surface area contributed by atoms with Crippen molar-refractivity contribution in [2.45, 2.75) is 76.5 Å². The molecule has 4 aliphatic rings. The molecule has 1 aliphatic carbocycles. The molecule has 3 aliphatic heterocycles. The van der Waals surface area contributed by atoms with Crippen LogP contribution in [0, 0.1) is 0 Å². The average Bonchev–Trinajstić information content (AvgIpc) is 3.59. The first-order chi connectivity index (χ1) is 17.6. The Morgan fingerprint density at radius 3 is 2.06 bits per heavy atom. The van der Waals surface area contributed by atoms with Gasteiger partial charge in [0.1, 0.15) is 11.8 Å². The quantitative estimate of drug-likeness (QED) is 0.628. The second-order valence-corrected chi connectivity index (χ2v) is 9.71. The average molecular weight is 492 g/mol. The molecule has 1 unspecified atom stereocenters. The lowest BCUT2D eigenvalue weighted by Crippen LogP contribution is -2.52. The van der Waals surface area contributed by atoms with Gasteiger partial charge in [-0.1, -0.05) is 42.8 Å². The van der Waals surface area contributed by atoms with Gasteiger partial charge in [-0.15, -0.1) is 0 Å². The molecular formula is C29H37N3O4. The van der Waals surface area contributed by atoms with E-state index in [1.165, 1.54) is 45.2 Å². The second kappa shape index (κ2) is 13.2. The smallest absolute Gasteiger partial charge is 0.255 e. The molecule has 2 saturated heterocycles. The van der Waals surface area contributed by atoms with Crippen LogP contribution in [0.4, 0.5) is 0 Å². The van der Waals surface area contributed by atoms with E-state index < -0.39 is 6.04 Å². The van der Waals surface area contributed by atoms with Crippen LogP contribution in [-0.4, -0.2) is 47.9 Å². The van der Waals surface area contributed by atoms with E-state index in [2.05, 4.69) is 10.6 Å². The van der Waals surface area contributed by atoms with E-state index in [-0.39, 0.29) is 30.2 Å². The van der Waals surface area contributed by atoms with E-state index in [0.29, 0.717) is 18.5 Å². The molecule has 3 fully saturated rings.